The molecule has 1 rings (SSSR count). The first-order valence-electron chi connectivity index (χ1n) is 8.70. The average Bonchev–Trinajstić information content (AvgIpc) is 2.96. The summed E-state index contributed by atoms with van der Waals surface area (Å²) in [6.07, 6.45) is 5.16. The molecule has 8 heteroatoms. The van der Waals surface area contributed by atoms with Gasteiger partial charge in [0.15, 0.2) is 5.84 Å². The van der Waals surface area contributed by atoms with Gasteiger partial charge in [-0.15, -0.1) is 6.42 Å². The van der Waals surface area contributed by atoms with E-state index in [1.54, 1.807) is 11.8 Å². The second kappa shape index (κ2) is 12.4. The Kier molecular flexibility index (Phi) is 10.5. The quantitative estimate of drug-likeness (QED) is 0.150. The minimum Gasteiger partial charge on any atom is -0.464 e. The second-order valence-corrected chi connectivity index (χ2v) is 6.81. The number of nitrogens with zero attached hydrogens (tertiary/aromatic N) is 3. The lowest BCUT2D eigenvalue weighted by Gasteiger charge is -2.15. The lowest BCUT2D eigenvalue weighted by molar-refractivity contribution is -0.463. The first-order chi connectivity index (χ1) is 12.5. The van der Waals surface area contributed by atoms with E-state index in [2.05, 4.69) is 48.0 Å². The summed E-state index contributed by atoms with van der Waals surface area (Å²) in [6, 6.07) is 2.10. The molecule has 144 valence electrons. The Labute approximate surface area is 159 Å². The van der Waals surface area contributed by atoms with Crippen molar-refractivity contribution in [2.75, 3.05) is 38.5 Å². The molecule has 0 aliphatic carbocycles. The Balaban J connectivity index is 2.45. The molecule has 0 fully saturated rings. The average molecular weight is 381 g/mol. The molecule has 26 heavy (non-hydrogen) atoms. The highest BCUT2D eigenvalue weighted by Crippen LogP contribution is 2.21. The molecule has 0 saturated carbocycles. The van der Waals surface area contributed by atoms with Crippen LogP contribution in [0, 0.1) is 29.4 Å². The fraction of sp³-hybridized carbons (Fsp3) is 0.611. The summed E-state index contributed by atoms with van der Waals surface area (Å²) in [7, 11) is 0. The highest BCUT2D eigenvalue weighted by atomic mass is 32.2. The molecular weight excluding hydrogens is 352 g/mol. The van der Waals surface area contributed by atoms with Crippen molar-refractivity contribution in [3.63, 3.8) is 0 Å². The maximum Gasteiger partial charge on any atom is 0.259 e. The third kappa shape index (κ3) is 8.41. The molecule has 1 N–H and O–H groups in total. The number of aliphatic imine (C=N–C) groups is 1. The van der Waals surface area contributed by atoms with E-state index in [1.165, 1.54) is 0 Å². The van der Waals surface area contributed by atoms with Crippen LogP contribution in [0.4, 0.5) is 0 Å². The van der Waals surface area contributed by atoms with Gasteiger partial charge in [0, 0.05) is 10.7 Å². The van der Waals surface area contributed by atoms with Crippen LogP contribution in [0.5, 0.6) is 0 Å². The third-order valence-corrected chi connectivity index (χ3v) is 4.73. The summed E-state index contributed by atoms with van der Waals surface area (Å²) < 4.78 is 5.96. The largest absolute Gasteiger partial charge is 0.464 e. The molecular formula is C18H28N4O3S. The first-order valence-corrected chi connectivity index (χ1v) is 9.86. The fourth-order valence-electron chi connectivity index (χ4n) is 2.33. The van der Waals surface area contributed by atoms with Crippen LogP contribution in [0.15, 0.2) is 15.5 Å². The van der Waals surface area contributed by atoms with Crippen LogP contribution in [-0.4, -0.2) is 54.1 Å². The molecule has 0 aromatic carbocycles. The van der Waals surface area contributed by atoms with E-state index in [9.17, 15) is 10.1 Å². The van der Waals surface area contributed by atoms with Gasteiger partial charge < -0.3 is 9.73 Å². The van der Waals surface area contributed by atoms with E-state index in [1.807, 2.05) is 0 Å². The molecule has 0 spiro atoms. The third-order valence-electron chi connectivity index (χ3n) is 3.79. The van der Waals surface area contributed by atoms with Crippen LogP contribution < -0.4 is 5.32 Å². The van der Waals surface area contributed by atoms with Crippen LogP contribution in [0.1, 0.15) is 30.9 Å². The summed E-state index contributed by atoms with van der Waals surface area (Å²) in [5.41, 5.74) is 1.16. The van der Waals surface area contributed by atoms with Crippen LogP contribution in [0.25, 0.3) is 0 Å². The predicted molar refractivity (Wildman–Crippen MR) is 107 cm³/mol. The molecule has 0 radical (unpaired) electrons. The second-order valence-electron chi connectivity index (χ2n) is 5.71. The highest BCUT2D eigenvalue weighted by Gasteiger charge is 2.10. The van der Waals surface area contributed by atoms with E-state index in [4.69, 9.17) is 10.8 Å². The van der Waals surface area contributed by atoms with Crippen LogP contribution in [0.3, 0.4) is 0 Å². The van der Waals surface area contributed by atoms with Crippen molar-refractivity contribution in [1.82, 2.24) is 10.2 Å². The number of terminal acetylenes is 1. The molecule has 7 nitrogen and oxygen atoms in total. The smallest absolute Gasteiger partial charge is 0.259 e. The van der Waals surface area contributed by atoms with Crippen LogP contribution >= 0.6 is 11.8 Å². The number of rotatable bonds is 12. The predicted octanol–water partition coefficient (Wildman–Crippen LogP) is 2.56. The zero-order valence-electron chi connectivity index (χ0n) is 15.8. The van der Waals surface area contributed by atoms with Gasteiger partial charge in [-0.05, 0) is 31.6 Å². The Hall–Kier alpha value is -1.98. The topological polar surface area (TPSA) is 83.9 Å². The van der Waals surface area contributed by atoms with Crippen molar-refractivity contribution >= 4 is 17.6 Å². The minimum absolute atomic E-state index is 0.237. The standard InChI is InChI=1S/C18H28N4O3S/c1-5-8-19-18(13-22(23)24)20-9-10-26-14-17-15(4)11-16(25-17)12-21(6-2)7-3/h1,11H,6-10,12-14H2,2-4H3,(H,19,20). The highest BCUT2D eigenvalue weighted by molar-refractivity contribution is 7.98. The van der Waals surface area contributed by atoms with Crippen molar-refractivity contribution in [1.29, 1.82) is 0 Å². The number of furan rings is 1. The summed E-state index contributed by atoms with van der Waals surface area (Å²) in [5.74, 6) is 6.21. The van der Waals surface area contributed by atoms with E-state index in [-0.39, 0.29) is 13.1 Å². The lowest BCUT2D eigenvalue weighted by Crippen LogP contribution is -2.31. The number of hydrogen-bond donors (Lipinski definition) is 1. The Morgan fingerprint density at radius 2 is 2.23 bits per heavy atom. The lowest BCUT2D eigenvalue weighted by atomic mass is 10.3. The fourth-order valence-corrected chi connectivity index (χ4v) is 3.16. The summed E-state index contributed by atoms with van der Waals surface area (Å²) >= 11 is 1.70. The number of nitro groups is 1. The van der Waals surface area contributed by atoms with Gasteiger partial charge in [-0.2, -0.15) is 11.8 Å². The number of thioether (sulfide) groups is 1. The van der Waals surface area contributed by atoms with Gasteiger partial charge in [0.1, 0.15) is 11.5 Å². The molecule has 1 aromatic heterocycles. The molecule has 0 atom stereocenters. The van der Waals surface area contributed by atoms with Gasteiger partial charge in [0.2, 0.25) is 0 Å². The normalized spacial score (nSPS) is 11.6. The van der Waals surface area contributed by atoms with Crippen molar-refractivity contribution in [2.45, 2.75) is 33.1 Å². The van der Waals surface area contributed by atoms with Crippen molar-refractivity contribution in [2.24, 2.45) is 4.99 Å². The van der Waals surface area contributed by atoms with E-state index in [0.29, 0.717) is 12.4 Å². The first kappa shape index (κ1) is 22.1. The number of amidine groups is 1. The number of aryl methyl sites for hydroxylation is 1. The van der Waals surface area contributed by atoms with Crippen molar-refractivity contribution in [3.8, 4) is 12.3 Å². The summed E-state index contributed by atoms with van der Waals surface area (Å²) in [6.45, 7) is 9.56. The van der Waals surface area contributed by atoms with Gasteiger partial charge in [0.25, 0.3) is 6.54 Å². The van der Waals surface area contributed by atoms with Crippen molar-refractivity contribution < 1.29 is 9.34 Å². The molecule has 0 unspecified atom stereocenters. The van der Waals surface area contributed by atoms with E-state index < -0.39 is 4.92 Å². The van der Waals surface area contributed by atoms with Gasteiger partial charge in [-0.25, -0.2) is 0 Å². The Morgan fingerprint density at radius 3 is 2.85 bits per heavy atom. The Bertz CT molecular complexity index is 633. The molecule has 0 amide bonds. The van der Waals surface area contributed by atoms with E-state index >= 15 is 0 Å². The maximum absolute atomic E-state index is 10.6. The van der Waals surface area contributed by atoms with Gasteiger partial charge in [-0.3, -0.25) is 20.0 Å². The number of hydrogen-bond acceptors (Lipinski definition) is 6. The van der Waals surface area contributed by atoms with Crippen molar-refractivity contribution in [3.05, 3.63) is 33.3 Å². The SMILES string of the molecule is C#CCNC(C[N+](=O)[O-])=NCCSCc1oc(CN(CC)CC)cc1C. The minimum atomic E-state index is -0.418. The van der Waals surface area contributed by atoms with Gasteiger partial charge in [-0.1, -0.05) is 19.8 Å². The molecule has 0 bridgehead atoms. The Morgan fingerprint density at radius 1 is 1.50 bits per heavy atom. The zero-order valence-corrected chi connectivity index (χ0v) is 16.6. The van der Waals surface area contributed by atoms with Gasteiger partial charge in [0.05, 0.1) is 25.4 Å². The monoisotopic (exact) mass is 380 g/mol. The zero-order chi connectivity index (χ0) is 19.4. The van der Waals surface area contributed by atoms with E-state index in [0.717, 1.165) is 48.2 Å². The van der Waals surface area contributed by atoms with Gasteiger partial charge >= 0.3 is 0 Å². The molecule has 0 saturated heterocycles. The van der Waals surface area contributed by atoms with Crippen LogP contribution in [-0.2, 0) is 12.3 Å². The molecule has 0 aliphatic heterocycles. The van der Waals surface area contributed by atoms with Crippen LogP contribution in [0.2, 0.25) is 0 Å². The summed E-state index contributed by atoms with van der Waals surface area (Å²) in [5, 5.41) is 13.4. The molecule has 1 aromatic rings. The maximum atomic E-state index is 10.6. The molecule has 0 aliphatic rings. The summed E-state index contributed by atoms with van der Waals surface area (Å²) in [4.78, 5) is 16.7. The molecule has 1 heterocycles. The number of nitrogens with one attached hydrogen (secondary N) is 1.